The summed E-state index contributed by atoms with van der Waals surface area (Å²) in [7, 11) is 0. The highest BCUT2D eigenvalue weighted by Gasteiger charge is 2.37. The fourth-order valence-electron chi connectivity index (χ4n) is 2.93. The number of hydrogen-bond donors (Lipinski definition) is 2. The summed E-state index contributed by atoms with van der Waals surface area (Å²) in [6.07, 6.45) is 3.99. The van der Waals surface area contributed by atoms with E-state index < -0.39 is 0 Å². The molecule has 2 heterocycles. The second-order valence-electron chi connectivity index (χ2n) is 5.77. The van der Waals surface area contributed by atoms with Gasteiger partial charge < -0.3 is 0 Å². The van der Waals surface area contributed by atoms with E-state index in [1.165, 1.54) is 42.8 Å². The van der Waals surface area contributed by atoms with Crippen molar-refractivity contribution in [2.75, 3.05) is 13.1 Å². The van der Waals surface area contributed by atoms with Crippen LogP contribution in [0.25, 0.3) is 0 Å². The maximum Gasteiger partial charge on any atom is 0.0734 e. The monoisotopic (exact) mass is 267 g/mol. The molecule has 3 nitrogen and oxygen atoms in total. The summed E-state index contributed by atoms with van der Waals surface area (Å²) in [6.45, 7) is 9.16. The van der Waals surface area contributed by atoms with Crippen molar-refractivity contribution in [2.24, 2.45) is 5.84 Å². The van der Waals surface area contributed by atoms with Gasteiger partial charge in [-0.2, -0.15) is 0 Å². The second kappa shape index (κ2) is 5.70. The van der Waals surface area contributed by atoms with Crippen molar-refractivity contribution in [3.8, 4) is 0 Å². The van der Waals surface area contributed by atoms with Gasteiger partial charge in [-0.1, -0.05) is 6.42 Å². The van der Waals surface area contributed by atoms with Crippen molar-refractivity contribution in [1.82, 2.24) is 10.3 Å². The van der Waals surface area contributed by atoms with Gasteiger partial charge in [-0.15, -0.1) is 11.3 Å². The van der Waals surface area contributed by atoms with E-state index in [9.17, 15) is 0 Å². The van der Waals surface area contributed by atoms with Crippen LogP contribution >= 0.6 is 11.3 Å². The first kappa shape index (κ1) is 14.0. The number of nitrogens with zero attached hydrogens (tertiary/aromatic N) is 1. The van der Waals surface area contributed by atoms with E-state index in [1.54, 1.807) is 11.3 Å². The lowest BCUT2D eigenvalue weighted by atomic mass is 9.88. The molecule has 1 unspecified atom stereocenters. The summed E-state index contributed by atoms with van der Waals surface area (Å²) in [5, 5.41) is 2.15. The Hall–Kier alpha value is -0.420. The van der Waals surface area contributed by atoms with Crippen molar-refractivity contribution in [3.63, 3.8) is 0 Å². The van der Waals surface area contributed by atoms with Crippen LogP contribution in [0.3, 0.4) is 0 Å². The summed E-state index contributed by atoms with van der Waals surface area (Å²) in [6, 6.07) is 2.38. The number of nitrogens with one attached hydrogen (secondary N) is 1. The fraction of sp³-hybridized carbons (Fsp3) is 0.714. The van der Waals surface area contributed by atoms with E-state index in [2.05, 4.69) is 42.5 Å². The first-order valence-electron chi connectivity index (χ1n) is 6.82. The number of hydrazine groups is 1. The Morgan fingerprint density at radius 2 is 2.00 bits per heavy atom. The molecule has 18 heavy (non-hydrogen) atoms. The molecule has 0 saturated carbocycles. The maximum absolute atomic E-state index is 5.86. The summed E-state index contributed by atoms with van der Waals surface area (Å²) in [5.41, 5.74) is 4.45. The van der Waals surface area contributed by atoms with Crippen LogP contribution in [-0.4, -0.2) is 23.5 Å². The van der Waals surface area contributed by atoms with Crippen molar-refractivity contribution in [2.45, 2.75) is 51.6 Å². The Bertz CT molecular complexity index is 380. The highest BCUT2D eigenvalue weighted by Crippen LogP contribution is 2.36. The number of likely N-dealkylation sites (tertiary alicyclic amines) is 1. The lowest BCUT2D eigenvalue weighted by Crippen LogP contribution is -2.55. The van der Waals surface area contributed by atoms with E-state index in [-0.39, 0.29) is 11.6 Å². The van der Waals surface area contributed by atoms with Gasteiger partial charge in [-0.25, -0.2) is 0 Å². The molecule has 4 heteroatoms. The zero-order chi connectivity index (χ0) is 13.2. The van der Waals surface area contributed by atoms with Crippen molar-refractivity contribution >= 4 is 11.3 Å². The molecule has 1 atom stereocenters. The summed E-state index contributed by atoms with van der Waals surface area (Å²) in [4.78, 5) is 3.95. The van der Waals surface area contributed by atoms with Crippen molar-refractivity contribution in [3.05, 3.63) is 21.9 Å². The van der Waals surface area contributed by atoms with E-state index in [4.69, 9.17) is 5.84 Å². The number of thiophene rings is 1. The molecule has 3 N–H and O–H groups in total. The molecule has 0 amide bonds. The van der Waals surface area contributed by atoms with Gasteiger partial charge in [0.2, 0.25) is 0 Å². The van der Waals surface area contributed by atoms with Gasteiger partial charge in [0, 0.05) is 10.4 Å². The van der Waals surface area contributed by atoms with Gasteiger partial charge in [-0.3, -0.25) is 16.2 Å². The zero-order valence-corrected chi connectivity index (χ0v) is 12.5. The largest absolute Gasteiger partial charge is 0.296 e. The molecule has 2 rings (SSSR count). The van der Waals surface area contributed by atoms with E-state index in [1.807, 2.05) is 0 Å². The second-order valence-corrected chi connectivity index (χ2v) is 6.72. The molecule has 0 aliphatic carbocycles. The quantitative estimate of drug-likeness (QED) is 0.651. The standard InChI is InChI=1S/C14H25N3S/c1-11-7-10-18-12(11)13(16-15)14(2,3)17-8-5-4-6-9-17/h7,10,13,16H,4-6,8-9,15H2,1-3H3. The molecule has 0 bridgehead atoms. The average Bonchev–Trinajstić information content (AvgIpc) is 2.78. The zero-order valence-electron chi connectivity index (χ0n) is 11.7. The molecule has 102 valence electrons. The van der Waals surface area contributed by atoms with Gasteiger partial charge in [0.25, 0.3) is 0 Å². The Morgan fingerprint density at radius 1 is 1.33 bits per heavy atom. The predicted octanol–water partition coefficient (Wildman–Crippen LogP) is 2.83. The Kier molecular flexibility index (Phi) is 4.43. The summed E-state index contributed by atoms with van der Waals surface area (Å²) >= 11 is 1.80. The minimum Gasteiger partial charge on any atom is -0.296 e. The van der Waals surface area contributed by atoms with Crippen LogP contribution in [0.5, 0.6) is 0 Å². The van der Waals surface area contributed by atoms with Crippen LogP contribution in [0.15, 0.2) is 11.4 Å². The summed E-state index contributed by atoms with van der Waals surface area (Å²) < 4.78 is 0. The molecule has 1 fully saturated rings. The summed E-state index contributed by atoms with van der Waals surface area (Å²) in [5.74, 6) is 5.86. The van der Waals surface area contributed by atoms with Gasteiger partial charge in [-0.05, 0) is 63.7 Å². The predicted molar refractivity (Wildman–Crippen MR) is 78.6 cm³/mol. The molecule has 0 spiro atoms. The minimum atomic E-state index is 0.0603. The molecule has 1 aliphatic rings. The van der Waals surface area contributed by atoms with Crippen LogP contribution in [0.2, 0.25) is 0 Å². The van der Waals surface area contributed by atoms with E-state index >= 15 is 0 Å². The fourth-order valence-corrected chi connectivity index (χ4v) is 4.10. The van der Waals surface area contributed by atoms with Gasteiger partial charge in [0.15, 0.2) is 0 Å². The molecule has 1 aliphatic heterocycles. The van der Waals surface area contributed by atoms with E-state index in [0.29, 0.717) is 0 Å². The van der Waals surface area contributed by atoms with Crippen LogP contribution in [-0.2, 0) is 0 Å². The van der Waals surface area contributed by atoms with Crippen molar-refractivity contribution < 1.29 is 0 Å². The molecular formula is C14H25N3S. The lowest BCUT2D eigenvalue weighted by molar-refractivity contribution is 0.0617. The molecule has 1 saturated heterocycles. The highest BCUT2D eigenvalue weighted by molar-refractivity contribution is 7.10. The molecular weight excluding hydrogens is 242 g/mol. The molecule has 1 aromatic heterocycles. The molecule has 0 radical (unpaired) electrons. The SMILES string of the molecule is Cc1ccsc1C(NN)C(C)(C)N1CCCCC1. The number of aryl methyl sites for hydroxylation is 1. The topological polar surface area (TPSA) is 41.3 Å². The first-order chi connectivity index (χ1) is 8.57. The minimum absolute atomic E-state index is 0.0603. The Labute approximate surface area is 114 Å². The third-order valence-corrected chi connectivity index (χ3v) is 5.29. The number of rotatable bonds is 4. The lowest BCUT2D eigenvalue weighted by Gasteiger charge is -2.45. The highest BCUT2D eigenvalue weighted by atomic mass is 32.1. The van der Waals surface area contributed by atoms with Crippen LogP contribution in [0.4, 0.5) is 0 Å². The smallest absolute Gasteiger partial charge is 0.0734 e. The third-order valence-electron chi connectivity index (χ3n) is 4.21. The molecule has 0 aromatic carbocycles. The van der Waals surface area contributed by atoms with Crippen LogP contribution in [0.1, 0.15) is 49.6 Å². The molecule has 1 aromatic rings. The van der Waals surface area contributed by atoms with Crippen LogP contribution in [0, 0.1) is 6.92 Å². The number of piperidine rings is 1. The average molecular weight is 267 g/mol. The third kappa shape index (κ3) is 2.62. The normalized spacial score (nSPS) is 20.0. The van der Waals surface area contributed by atoms with Gasteiger partial charge >= 0.3 is 0 Å². The number of nitrogens with two attached hydrogens (primary N) is 1. The van der Waals surface area contributed by atoms with Crippen LogP contribution < -0.4 is 11.3 Å². The first-order valence-corrected chi connectivity index (χ1v) is 7.70. The van der Waals surface area contributed by atoms with E-state index in [0.717, 1.165) is 0 Å². The Balaban J connectivity index is 2.22. The number of hydrogen-bond acceptors (Lipinski definition) is 4. The van der Waals surface area contributed by atoms with Crippen molar-refractivity contribution in [1.29, 1.82) is 0 Å². The maximum atomic E-state index is 5.86. The Morgan fingerprint density at radius 3 is 2.50 bits per heavy atom. The van der Waals surface area contributed by atoms with Gasteiger partial charge in [0.05, 0.1) is 6.04 Å². The van der Waals surface area contributed by atoms with Gasteiger partial charge in [0.1, 0.15) is 0 Å².